The van der Waals surface area contributed by atoms with Crippen LogP contribution in [0.4, 0.5) is 32.2 Å². The molecule has 0 saturated heterocycles. The van der Waals surface area contributed by atoms with Crippen LogP contribution < -0.4 is 10.1 Å². The van der Waals surface area contributed by atoms with Gasteiger partial charge in [-0.15, -0.1) is 13.2 Å². The Labute approximate surface area is 235 Å². The summed E-state index contributed by atoms with van der Waals surface area (Å²) in [5.74, 6) is -2.27. The number of benzene rings is 2. The number of hydrogen-bond donors (Lipinski definition) is 2. The summed E-state index contributed by atoms with van der Waals surface area (Å²) in [6.07, 6.45) is -6.65. The van der Waals surface area contributed by atoms with Crippen LogP contribution in [0.25, 0.3) is 22.6 Å². The van der Waals surface area contributed by atoms with Crippen molar-refractivity contribution in [2.24, 2.45) is 5.92 Å². The van der Waals surface area contributed by atoms with Crippen molar-refractivity contribution < 1.29 is 41.0 Å². The second kappa shape index (κ2) is 10.8. The molecule has 2 aromatic carbocycles. The number of imidazole rings is 1. The molecule has 0 bridgehead atoms. The van der Waals surface area contributed by atoms with E-state index in [0.29, 0.717) is 11.1 Å². The normalized spacial score (nSPS) is 15.0. The van der Waals surface area contributed by atoms with Gasteiger partial charge in [0, 0.05) is 12.6 Å². The fourth-order valence-electron chi connectivity index (χ4n) is 4.88. The number of aromatic carboxylic acids is 1. The monoisotopic (exact) mass is 593 g/mol. The van der Waals surface area contributed by atoms with E-state index in [1.54, 1.807) is 6.92 Å². The number of fused-ring (bicyclic) bond motifs is 1. The lowest BCUT2D eigenvalue weighted by Crippen LogP contribution is -2.31. The molecular formula is C28H25F6N5O3. The van der Waals surface area contributed by atoms with E-state index in [-0.39, 0.29) is 46.9 Å². The standard InChI is InChI=1S/C28H25F6N5O3/c1-14-6-11-20(42-28(32,33)34)19(12-14)25-38-23-21(39(25)13-16-7-9-18(10-8-16)27(29,30)31)22(36-24(37-23)26(40)41)35-15(2)17-4-3-5-17/h6-12,15,17H,3-5,13H2,1-2H3,(H,40,41)(H,35,36,37). The molecule has 1 atom stereocenters. The van der Waals surface area contributed by atoms with Gasteiger partial charge in [0.15, 0.2) is 11.5 Å². The summed E-state index contributed by atoms with van der Waals surface area (Å²) < 4.78 is 85.4. The summed E-state index contributed by atoms with van der Waals surface area (Å²) in [6, 6.07) is 8.12. The van der Waals surface area contributed by atoms with E-state index in [4.69, 9.17) is 0 Å². The van der Waals surface area contributed by atoms with Crippen molar-refractivity contribution >= 4 is 23.0 Å². The summed E-state index contributed by atoms with van der Waals surface area (Å²) >= 11 is 0. The minimum atomic E-state index is -5.03. The topological polar surface area (TPSA) is 102 Å². The van der Waals surface area contributed by atoms with Crippen molar-refractivity contribution in [3.05, 3.63) is 65.0 Å². The number of anilines is 1. The third-order valence-electron chi connectivity index (χ3n) is 7.24. The Morgan fingerprint density at radius 2 is 1.76 bits per heavy atom. The smallest absolute Gasteiger partial charge is 0.475 e. The lowest BCUT2D eigenvalue weighted by Gasteiger charge is -2.32. The minimum Gasteiger partial charge on any atom is -0.475 e. The number of aromatic nitrogens is 4. The van der Waals surface area contributed by atoms with Gasteiger partial charge in [0.25, 0.3) is 0 Å². The third-order valence-corrected chi connectivity index (χ3v) is 7.24. The number of halogens is 6. The van der Waals surface area contributed by atoms with Crippen molar-refractivity contribution in [1.82, 2.24) is 19.5 Å². The Kier molecular flexibility index (Phi) is 7.50. The maximum atomic E-state index is 13.3. The van der Waals surface area contributed by atoms with Gasteiger partial charge in [-0.2, -0.15) is 13.2 Å². The first kappa shape index (κ1) is 29.1. The molecule has 14 heteroatoms. The quantitative estimate of drug-likeness (QED) is 0.211. The van der Waals surface area contributed by atoms with E-state index in [1.807, 2.05) is 6.92 Å². The van der Waals surface area contributed by atoms with Crippen LogP contribution in [0.3, 0.4) is 0 Å². The maximum Gasteiger partial charge on any atom is 0.573 e. The number of rotatable bonds is 8. The van der Waals surface area contributed by atoms with Crippen LogP contribution in [0.5, 0.6) is 5.75 Å². The number of carbonyl (C=O) groups is 1. The van der Waals surface area contributed by atoms with E-state index in [2.05, 4.69) is 25.0 Å². The Morgan fingerprint density at radius 1 is 1.07 bits per heavy atom. The number of aryl methyl sites for hydroxylation is 1. The second-order valence-electron chi connectivity index (χ2n) is 10.3. The SMILES string of the molecule is Cc1ccc(OC(F)(F)F)c(-c2nc3nc(C(=O)O)nc(NC(C)C4CCC4)c3n2Cc2ccc(C(F)(F)F)cc2)c1. The van der Waals surface area contributed by atoms with Gasteiger partial charge in [-0.05, 0) is 62.4 Å². The molecule has 1 unspecified atom stereocenters. The molecule has 2 N–H and O–H groups in total. The van der Waals surface area contributed by atoms with Gasteiger partial charge in [-0.3, -0.25) is 0 Å². The van der Waals surface area contributed by atoms with Gasteiger partial charge >= 0.3 is 18.5 Å². The minimum absolute atomic E-state index is 0.0657. The van der Waals surface area contributed by atoms with Gasteiger partial charge in [-0.25, -0.2) is 19.7 Å². The van der Waals surface area contributed by atoms with Gasteiger partial charge in [0.1, 0.15) is 17.1 Å². The van der Waals surface area contributed by atoms with E-state index in [0.717, 1.165) is 37.5 Å². The first-order chi connectivity index (χ1) is 19.7. The number of carboxylic acid groups (broad SMARTS) is 1. The molecule has 2 aromatic heterocycles. The Hall–Kier alpha value is -4.36. The van der Waals surface area contributed by atoms with Crippen molar-refractivity contribution in [3.8, 4) is 17.1 Å². The summed E-state index contributed by atoms with van der Waals surface area (Å²) in [4.78, 5) is 24.6. The zero-order chi connectivity index (χ0) is 30.4. The number of ether oxygens (including phenoxy) is 1. The summed E-state index contributed by atoms with van der Waals surface area (Å²) in [7, 11) is 0. The molecule has 222 valence electrons. The molecule has 0 spiro atoms. The predicted molar refractivity (Wildman–Crippen MR) is 140 cm³/mol. The molecule has 1 fully saturated rings. The highest BCUT2D eigenvalue weighted by atomic mass is 19.4. The van der Waals surface area contributed by atoms with Crippen molar-refractivity contribution in [3.63, 3.8) is 0 Å². The van der Waals surface area contributed by atoms with Crippen LogP contribution in [0, 0.1) is 12.8 Å². The number of carboxylic acids is 1. The molecule has 1 aliphatic carbocycles. The maximum absolute atomic E-state index is 13.3. The molecule has 2 heterocycles. The fourth-order valence-corrected chi connectivity index (χ4v) is 4.88. The number of alkyl halides is 6. The number of nitrogens with zero attached hydrogens (tertiary/aromatic N) is 4. The van der Waals surface area contributed by atoms with Crippen LogP contribution in [-0.4, -0.2) is 43.0 Å². The van der Waals surface area contributed by atoms with Gasteiger partial charge < -0.3 is 19.7 Å². The highest BCUT2D eigenvalue weighted by Gasteiger charge is 2.34. The van der Waals surface area contributed by atoms with Gasteiger partial charge in [0.05, 0.1) is 11.1 Å². The molecule has 1 saturated carbocycles. The molecule has 1 aliphatic rings. The molecule has 0 amide bonds. The van der Waals surface area contributed by atoms with Crippen LogP contribution in [0.15, 0.2) is 42.5 Å². The largest absolute Gasteiger partial charge is 0.573 e. The number of hydrogen-bond acceptors (Lipinski definition) is 6. The van der Waals surface area contributed by atoms with E-state index in [9.17, 15) is 36.2 Å². The Bertz CT molecular complexity index is 1630. The average molecular weight is 594 g/mol. The fraction of sp³-hybridized carbons (Fsp3) is 0.357. The zero-order valence-corrected chi connectivity index (χ0v) is 22.3. The van der Waals surface area contributed by atoms with E-state index < -0.39 is 35.6 Å². The third kappa shape index (κ3) is 6.11. The van der Waals surface area contributed by atoms with Gasteiger partial charge in [-0.1, -0.05) is 30.2 Å². The van der Waals surface area contributed by atoms with Crippen molar-refractivity contribution in [2.75, 3.05) is 5.32 Å². The Balaban J connectivity index is 1.74. The second-order valence-corrected chi connectivity index (χ2v) is 10.3. The van der Waals surface area contributed by atoms with E-state index >= 15 is 0 Å². The van der Waals surface area contributed by atoms with Gasteiger partial charge in [0.2, 0.25) is 5.82 Å². The summed E-state index contributed by atoms with van der Waals surface area (Å²) in [6.45, 7) is 3.41. The lowest BCUT2D eigenvalue weighted by atomic mass is 9.80. The van der Waals surface area contributed by atoms with Crippen molar-refractivity contribution in [2.45, 2.75) is 58.2 Å². The predicted octanol–water partition coefficient (Wildman–Crippen LogP) is 7.07. The molecule has 8 nitrogen and oxygen atoms in total. The molecule has 0 aliphatic heterocycles. The van der Waals surface area contributed by atoms with Crippen LogP contribution in [0.2, 0.25) is 0 Å². The highest BCUT2D eigenvalue weighted by molar-refractivity contribution is 5.92. The Morgan fingerprint density at radius 3 is 2.33 bits per heavy atom. The molecule has 4 aromatic rings. The first-order valence-corrected chi connectivity index (χ1v) is 13.0. The molecule has 42 heavy (non-hydrogen) atoms. The molecule has 0 radical (unpaired) electrons. The highest BCUT2D eigenvalue weighted by Crippen LogP contribution is 2.38. The van der Waals surface area contributed by atoms with Crippen molar-refractivity contribution in [1.29, 1.82) is 0 Å². The molecular weight excluding hydrogens is 568 g/mol. The van der Waals surface area contributed by atoms with E-state index in [1.165, 1.54) is 28.8 Å². The number of nitrogens with one attached hydrogen (secondary N) is 1. The average Bonchev–Trinajstić information content (AvgIpc) is 3.21. The summed E-state index contributed by atoms with van der Waals surface area (Å²) in [5, 5.41) is 12.9. The van der Waals surface area contributed by atoms with Crippen LogP contribution in [0.1, 0.15) is 53.5 Å². The lowest BCUT2D eigenvalue weighted by molar-refractivity contribution is -0.274. The molecule has 5 rings (SSSR count). The van der Waals surface area contributed by atoms with Crippen LogP contribution in [-0.2, 0) is 12.7 Å². The zero-order valence-electron chi connectivity index (χ0n) is 22.3. The first-order valence-electron chi connectivity index (χ1n) is 13.0. The van der Waals surface area contributed by atoms with Crippen LogP contribution >= 0.6 is 0 Å². The summed E-state index contributed by atoms with van der Waals surface area (Å²) in [5.41, 5.74) is 0.0593.